The first-order valence-corrected chi connectivity index (χ1v) is 16.5. The zero-order valence-electron chi connectivity index (χ0n) is 19.0. The summed E-state index contributed by atoms with van der Waals surface area (Å²) in [5.74, 6) is -0.281. The number of hydrogen-bond donors (Lipinski definition) is 0. The maximum absolute atomic E-state index is 11.5. The van der Waals surface area contributed by atoms with Crippen LogP contribution in [0.5, 0.6) is 0 Å². The summed E-state index contributed by atoms with van der Waals surface area (Å²) in [6.07, 6.45) is 5.91. The third kappa shape index (κ3) is 7.69. The van der Waals surface area contributed by atoms with Crippen molar-refractivity contribution in [2.75, 3.05) is 6.61 Å². The third-order valence-corrected chi connectivity index (χ3v) is 15.1. The molecule has 0 aromatic rings. The Labute approximate surface area is 165 Å². The molecular weight excluding hydrogens is 356 g/mol. The standard InChI is InChI=1S/C21H44O3Si2/c1-11-13-15-21(6,12-2)26(9,10)24-19(5)25(7,8)17-14-16-23-20(22)18(3)4/h19H,3,11-17H2,1-2,4-10H3/t19-,21?/m1/s1. The Morgan fingerprint density at radius 3 is 2.19 bits per heavy atom. The molecule has 0 saturated heterocycles. The first kappa shape index (κ1) is 25.6. The second-order valence-corrected chi connectivity index (χ2v) is 19.1. The van der Waals surface area contributed by atoms with E-state index in [0.29, 0.717) is 22.9 Å². The number of rotatable bonds is 13. The van der Waals surface area contributed by atoms with Crippen LogP contribution in [0.1, 0.15) is 66.7 Å². The average molecular weight is 401 g/mol. The molecular formula is C21H44O3Si2. The van der Waals surface area contributed by atoms with E-state index in [1.807, 2.05) is 0 Å². The van der Waals surface area contributed by atoms with Crippen molar-refractivity contribution in [2.45, 2.75) is 110 Å². The van der Waals surface area contributed by atoms with Gasteiger partial charge in [0, 0.05) is 11.3 Å². The van der Waals surface area contributed by atoms with Gasteiger partial charge < -0.3 is 9.16 Å². The van der Waals surface area contributed by atoms with Crippen molar-refractivity contribution in [1.82, 2.24) is 0 Å². The van der Waals surface area contributed by atoms with Gasteiger partial charge in [0.05, 0.1) is 14.7 Å². The zero-order chi connectivity index (χ0) is 20.6. The summed E-state index contributed by atoms with van der Waals surface area (Å²) in [5.41, 5.74) is 0.797. The van der Waals surface area contributed by atoms with Crippen molar-refractivity contribution in [3.05, 3.63) is 12.2 Å². The lowest BCUT2D eigenvalue weighted by molar-refractivity contribution is -0.138. The van der Waals surface area contributed by atoms with Crippen LogP contribution in [0, 0.1) is 0 Å². The smallest absolute Gasteiger partial charge is 0.333 e. The van der Waals surface area contributed by atoms with Crippen LogP contribution in [-0.4, -0.2) is 34.7 Å². The van der Waals surface area contributed by atoms with Crippen molar-refractivity contribution in [3.63, 3.8) is 0 Å². The first-order valence-electron chi connectivity index (χ1n) is 10.3. The highest BCUT2D eigenvalue weighted by Crippen LogP contribution is 2.47. The van der Waals surface area contributed by atoms with Gasteiger partial charge in [0.25, 0.3) is 0 Å². The Morgan fingerprint density at radius 1 is 1.15 bits per heavy atom. The van der Waals surface area contributed by atoms with E-state index in [1.54, 1.807) is 6.92 Å². The molecule has 0 radical (unpaired) electrons. The monoisotopic (exact) mass is 400 g/mol. The molecule has 1 unspecified atom stereocenters. The topological polar surface area (TPSA) is 35.5 Å². The van der Waals surface area contributed by atoms with Crippen LogP contribution in [0.4, 0.5) is 0 Å². The summed E-state index contributed by atoms with van der Waals surface area (Å²) in [5, 5.41) is 0.332. The van der Waals surface area contributed by atoms with Gasteiger partial charge in [-0.1, -0.05) is 65.8 Å². The van der Waals surface area contributed by atoms with Gasteiger partial charge in [-0.15, -0.1) is 0 Å². The van der Waals surface area contributed by atoms with E-state index in [-0.39, 0.29) is 5.97 Å². The summed E-state index contributed by atoms with van der Waals surface area (Å²) in [7, 11) is -3.35. The molecule has 154 valence electrons. The van der Waals surface area contributed by atoms with Crippen LogP contribution in [0.3, 0.4) is 0 Å². The van der Waals surface area contributed by atoms with Gasteiger partial charge >= 0.3 is 5.97 Å². The SMILES string of the molecule is C=C(C)C(=O)OCCC[Si](C)(C)[C@H](C)O[Si](C)(C)C(C)(CC)CCCC. The molecule has 0 amide bonds. The predicted molar refractivity (Wildman–Crippen MR) is 119 cm³/mol. The second-order valence-electron chi connectivity index (χ2n) is 9.30. The highest BCUT2D eigenvalue weighted by Gasteiger charge is 2.45. The Hall–Kier alpha value is -0.396. The molecule has 0 aromatic carbocycles. The molecule has 3 nitrogen and oxygen atoms in total. The summed E-state index contributed by atoms with van der Waals surface area (Å²) in [6.45, 7) is 24.7. The molecule has 0 fully saturated rings. The van der Waals surface area contributed by atoms with Crippen molar-refractivity contribution < 1.29 is 14.0 Å². The quantitative estimate of drug-likeness (QED) is 0.149. The lowest BCUT2D eigenvalue weighted by Crippen LogP contribution is -2.52. The fourth-order valence-electron chi connectivity index (χ4n) is 3.23. The predicted octanol–water partition coefficient (Wildman–Crippen LogP) is 6.71. The van der Waals surface area contributed by atoms with Crippen LogP contribution in [-0.2, 0) is 14.0 Å². The van der Waals surface area contributed by atoms with Gasteiger partial charge in [-0.2, -0.15) is 0 Å². The molecule has 0 N–H and O–H groups in total. The van der Waals surface area contributed by atoms with E-state index >= 15 is 0 Å². The first-order chi connectivity index (χ1) is 11.8. The molecule has 0 rings (SSSR count). The Kier molecular flexibility index (Phi) is 10.6. The molecule has 0 aliphatic heterocycles. The van der Waals surface area contributed by atoms with Gasteiger partial charge in [-0.05, 0) is 44.8 Å². The van der Waals surface area contributed by atoms with Gasteiger partial charge in [0.1, 0.15) is 0 Å². The van der Waals surface area contributed by atoms with Gasteiger partial charge in [0.2, 0.25) is 0 Å². The molecule has 26 heavy (non-hydrogen) atoms. The summed E-state index contributed by atoms with van der Waals surface area (Å²) in [6, 6.07) is 1.11. The summed E-state index contributed by atoms with van der Waals surface area (Å²) in [4.78, 5) is 11.5. The minimum absolute atomic E-state index is 0.281. The minimum Gasteiger partial charge on any atom is -0.462 e. The lowest BCUT2D eigenvalue weighted by atomic mass is 10.0. The van der Waals surface area contributed by atoms with Crippen molar-refractivity contribution in [3.8, 4) is 0 Å². The highest BCUT2D eigenvalue weighted by atomic mass is 28.4. The molecule has 0 saturated carbocycles. The molecule has 0 aromatic heterocycles. The van der Waals surface area contributed by atoms with Crippen LogP contribution >= 0.6 is 0 Å². The highest BCUT2D eigenvalue weighted by molar-refractivity contribution is 6.81. The van der Waals surface area contributed by atoms with Gasteiger partial charge in [0.15, 0.2) is 8.32 Å². The Morgan fingerprint density at radius 2 is 1.73 bits per heavy atom. The van der Waals surface area contributed by atoms with Crippen LogP contribution < -0.4 is 0 Å². The molecule has 0 bridgehead atoms. The number of carbonyl (C=O) groups excluding carboxylic acids is 1. The average Bonchev–Trinajstić information content (AvgIpc) is 2.55. The summed E-state index contributed by atoms with van der Waals surface area (Å²) >= 11 is 0. The van der Waals surface area contributed by atoms with E-state index in [2.05, 4.69) is 60.5 Å². The normalized spacial score (nSPS) is 16.0. The van der Waals surface area contributed by atoms with E-state index in [1.165, 1.54) is 25.7 Å². The maximum Gasteiger partial charge on any atom is 0.333 e. The fraction of sp³-hybridized carbons (Fsp3) is 0.857. The maximum atomic E-state index is 11.5. The molecule has 0 spiro atoms. The number of unbranched alkanes of at least 4 members (excludes halogenated alkanes) is 1. The second kappa shape index (κ2) is 10.8. The number of esters is 1. The largest absolute Gasteiger partial charge is 0.462 e. The van der Waals surface area contributed by atoms with Gasteiger partial charge in [-0.3, -0.25) is 0 Å². The lowest BCUT2D eigenvalue weighted by Gasteiger charge is -2.46. The van der Waals surface area contributed by atoms with E-state index in [0.717, 1.165) is 12.5 Å². The van der Waals surface area contributed by atoms with E-state index in [4.69, 9.17) is 9.16 Å². The van der Waals surface area contributed by atoms with Crippen molar-refractivity contribution >= 4 is 22.4 Å². The van der Waals surface area contributed by atoms with Crippen LogP contribution in [0.15, 0.2) is 12.2 Å². The number of carbonyl (C=O) groups is 1. The molecule has 0 heterocycles. The minimum atomic E-state index is -1.81. The fourth-order valence-corrected chi connectivity index (χ4v) is 9.65. The van der Waals surface area contributed by atoms with Gasteiger partial charge in [-0.25, -0.2) is 4.79 Å². The molecule has 5 heteroatoms. The summed E-state index contributed by atoms with van der Waals surface area (Å²) < 4.78 is 12.1. The van der Waals surface area contributed by atoms with Crippen molar-refractivity contribution in [1.29, 1.82) is 0 Å². The zero-order valence-corrected chi connectivity index (χ0v) is 21.0. The van der Waals surface area contributed by atoms with E-state index in [9.17, 15) is 4.79 Å². The van der Waals surface area contributed by atoms with E-state index < -0.39 is 16.4 Å². The molecule has 2 atom stereocenters. The third-order valence-electron chi connectivity index (χ3n) is 6.43. The Balaban J connectivity index is 4.75. The van der Waals surface area contributed by atoms with Crippen LogP contribution in [0.25, 0.3) is 0 Å². The van der Waals surface area contributed by atoms with Crippen molar-refractivity contribution in [2.24, 2.45) is 0 Å². The molecule has 0 aliphatic carbocycles. The Bertz CT molecular complexity index is 460. The number of hydrogen-bond acceptors (Lipinski definition) is 3. The van der Waals surface area contributed by atoms with Crippen LogP contribution in [0.2, 0.25) is 37.3 Å². The molecule has 0 aliphatic rings. The number of ether oxygens (including phenoxy) is 1.